The molecule has 0 spiro atoms. The van der Waals surface area contributed by atoms with Crippen molar-refractivity contribution in [2.45, 2.75) is 6.61 Å². The standard InChI is InChI=1S/C18H18N4O3/c1-24-12-16-17(20-21-22(16)14-6-4-3-5-7-14)18(23)19-13-8-10-15(25-2)11-9-13/h3-11H,12H2,1-2H3,(H,19,23). The molecule has 128 valence electrons. The van der Waals surface area contributed by atoms with Crippen LogP contribution in [0.15, 0.2) is 54.6 Å². The molecule has 0 aliphatic rings. The summed E-state index contributed by atoms with van der Waals surface area (Å²) in [6, 6.07) is 16.5. The number of carbonyl (C=O) groups excluding carboxylic acids is 1. The number of rotatable bonds is 6. The molecule has 1 heterocycles. The molecule has 0 saturated heterocycles. The van der Waals surface area contributed by atoms with E-state index < -0.39 is 0 Å². The van der Waals surface area contributed by atoms with E-state index in [1.807, 2.05) is 30.3 Å². The summed E-state index contributed by atoms with van der Waals surface area (Å²) in [5, 5.41) is 10.9. The molecule has 0 saturated carbocycles. The third-order valence-corrected chi connectivity index (χ3v) is 3.61. The number of hydrogen-bond acceptors (Lipinski definition) is 5. The number of hydrogen-bond donors (Lipinski definition) is 1. The minimum absolute atomic E-state index is 0.216. The summed E-state index contributed by atoms with van der Waals surface area (Å²) in [4.78, 5) is 12.6. The lowest BCUT2D eigenvalue weighted by Crippen LogP contribution is -2.16. The molecule has 0 radical (unpaired) electrons. The average molecular weight is 338 g/mol. The molecule has 7 heteroatoms. The van der Waals surface area contributed by atoms with Crippen LogP contribution in [0.1, 0.15) is 16.2 Å². The summed E-state index contributed by atoms with van der Waals surface area (Å²) in [5.41, 5.74) is 2.26. The van der Waals surface area contributed by atoms with Crippen molar-refractivity contribution in [2.24, 2.45) is 0 Å². The molecule has 1 amide bonds. The number of nitrogens with one attached hydrogen (secondary N) is 1. The third kappa shape index (κ3) is 3.67. The fourth-order valence-electron chi connectivity index (χ4n) is 2.39. The van der Waals surface area contributed by atoms with E-state index in [1.54, 1.807) is 43.2 Å². The van der Waals surface area contributed by atoms with Gasteiger partial charge < -0.3 is 14.8 Å². The van der Waals surface area contributed by atoms with Gasteiger partial charge in [-0.15, -0.1) is 5.10 Å². The summed E-state index contributed by atoms with van der Waals surface area (Å²) < 4.78 is 11.9. The van der Waals surface area contributed by atoms with Gasteiger partial charge in [0.2, 0.25) is 0 Å². The monoisotopic (exact) mass is 338 g/mol. The quantitative estimate of drug-likeness (QED) is 0.747. The molecule has 7 nitrogen and oxygen atoms in total. The Morgan fingerprint density at radius 2 is 1.80 bits per heavy atom. The van der Waals surface area contributed by atoms with Crippen LogP contribution in [0.4, 0.5) is 5.69 Å². The normalized spacial score (nSPS) is 10.5. The molecule has 2 aromatic carbocycles. The van der Waals surface area contributed by atoms with Crippen LogP contribution in [0, 0.1) is 0 Å². The van der Waals surface area contributed by atoms with Crippen molar-refractivity contribution in [2.75, 3.05) is 19.5 Å². The number of methoxy groups -OCH3 is 2. The maximum atomic E-state index is 12.6. The lowest BCUT2D eigenvalue weighted by molar-refractivity contribution is 0.101. The Labute approximate surface area is 145 Å². The number of benzene rings is 2. The van der Waals surface area contributed by atoms with Crippen LogP contribution < -0.4 is 10.1 Å². The van der Waals surface area contributed by atoms with Gasteiger partial charge in [0.25, 0.3) is 5.91 Å². The maximum absolute atomic E-state index is 12.6. The SMILES string of the molecule is COCc1c(C(=O)Nc2ccc(OC)cc2)nnn1-c1ccccc1. The number of carbonyl (C=O) groups is 1. The highest BCUT2D eigenvalue weighted by atomic mass is 16.5. The van der Waals surface area contributed by atoms with Gasteiger partial charge in [0.1, 0.15) is 11.4 Å². The first kappa shape index (κ1) is 16.7. The van der Waals surface area contributed by atoms with Gasteiger partial charge in [-0.05, 0) is 36.4 Å². The van der Waals surface area contributed by atoms with Gasteiger partial charge >= 0.3 is 0 Å². The Hall–Kier alpha value is -3.19. The van der Waals surface area contributed by atoms with Crippen LogP contribution in [-0.2, 0) is 11.3 Å². The molecule has 3 rings (SSSR count). The smallest absolute Gasteiger partial charge is 0.278 e. The maximum Gasteiger partial charge on any atom is 0.278 e. The van der Waals surface area contributed by atoms with Crippen molar-refractivity contribution in [3.05, 3.63) is 66.0 Å². The van der Waals surface area contributed by atoms with Crippen molar-refractivity contribution in [1.29, 1.82) is 0 Å². The van der Waals surface area contributed by atoms with E-state index in [2.05, 4.69) is 15.6 Å². The van der Waals surface area contributed by atoms with E-state index in [1.165, 1.54) is 0 Å². The van der Waals surface area contributed by atoms with Gasteiger partial charge in [0, 0.05) is 12.8 Å². The van der Waals surface area contributed by atoms with Crippen LogP contribution in [0.5, 0.6) is 5.75 Å². The zero-order valence-electron chi connectivity index (χ0n) is 14.0. The number of nitrogens with zero attached hydrogens (tertiary/aromatic N) is 3. The molecule has 25 heavy (non-hydrogen) atoms. The second kappa shape index (κ2) is 7.59. The Kier molecular flexibility index (Phi) is 5.06. The number of aromatic nitrogens is 3. The number of anilines is 1. The van der Waals surface area contributed by atoms with E-state index in [0.29, 0.717) is 17.1 Å². The van der Waals surface area contributed by atoms with Crippen molar-refractivity contribution >= 4 is 11.6 Å². The summed E-state index contributed by atoms with van der Waals surface area (Å²) in [5.74, 6) is 0.368. The highest BCUT2D eigenvalue weighted by Gasteiger charge is 2.20. The first-order valence-corrected chi connectivity index (χ1v) is 7.67. The number of para-hydroxylation sites is 1. The molecular formula is C18H18N4O3. The van der Waals surface area contributed by atoms with Gasteiger partial charge in [-0.3, -0.25) is 4.79 Å². The third-order valence-electron chi connectivity index (χ3n) is 3.61. The molecule has 0 aliphatic carbocycles. The number of ether oxygens (including phenoxy) is 2. The summed E-state index contributed by atoms with van der Waals surface area (Å²) in [6.45, 7) is 0.216. The zero-order valence-corrected chi connectivity index (χ0v) is 14.0. The number of amides is 1. The van der Waals surface area contributed by atoms with Crippen LogP contribution in [0.2, 0.25) is 0 Å². The minimum Gasteiger partial charge on any atom is -0.497 e. The topological polar surface area (TPSA) is 78.3 Å². The predicted molar refractivity (Wildman–Crippen MR) is 93.0 cm³/mol. The minimum atomic E-state index is -0.348. The molecule has 1 N–H and O–H groups in total. The molecule has 0 fully saturated rings. The van der Waals surface area contributed by atoms with Gasteiger partial charge in [-0.25, -0.2) is 4.68 Å². The lowest BCUT2D eigenvalue weighted by Gasteiger charge is -2.08. The highest BCUT2D eigenvalue weighted by Crippen LogP contribution is 2.18. The van der Waals surface area contributed by atoms with Crippen LogP contribution in [0.3, 0.4) is 0 Å². The second-order valence-electron chi connectivity index (χ2n) is 5.25. The Balaban J connectivity index is 1.88. The Bertz CT molecular complexity index is 845. The largest absolute Gasteiger partial charge is 0.497 e. The second-order valence-corrected chi connectivity index (χ2v) is 5.25. The molecule has 0 unspecified atom stereocenters. The van der Waals surface area contributed by atoms with E-state index in [0.717, 1.165) is 5.69 Å². The summed E-state index contributed by atoms with van der Waals surface area (Å²) in [7, 11) is 3.15. The lowest BCUT2D eigenvalue weighted by atomic mass is 10.2. The first-order chi connectivity index (χ1) is 12.2. The van der Waals surface area contributed by atoms with Crippen molar-refractivity contribution < 1.29 is 14.3 Å². The summed E-state index contributed by atoms with van der Waals surface area (Å²) in [6.07, 6.45) is 0. The molecule has 1 aromatic heterocycles. The van der Waals surface area contributed by atoms with Gasteiger partial charge in [-0.1, -0.05) is 23.4 Å². The molecular weight excluding hydrogens is 320 g/mol. The van der Waals surface area contributed by atoms with E-state index in [9.17, 15) is 4.79 Å². The molecule has 0 atom stereocenters. The Morgan fingerprint density at radius 3 is 2.44 bits per heavy atom. The average Bonchev–Trinajstić information content (AvgIpc) is 3.07. The highest BCUT2D eigenvalue weighted by molar-refractivity contribution is 6.03. The van der Waals surface area contributed by atoms with E-state index in [-0.39, 0.29) is 18.2 Å². The van der Waals surface area contributed by atoms with Crippen LogP contribution >= 0.6 is 0 Å². The van der Waals surface area contributed by atoms with Crippen molar-refractivity contribution in [3.63, 3.8) is 0 Å². The predicted octanol–water partition coefficient (Wildman–Crippen LogP) is 2.67. The van der Waals surface area contributed by atoms with Crippen molar-refractivity contribution in [3.8, 4) is 11.4 Å². The molecule has 0 aliphatic heterocycles. The zero-order chi connectivity index (χ0) is 17.6. The fraction of sp³-hybridized carbons (Fsp3) is 0.167. The van der Waals surface area contributed by atoms with Gasteiger partial charge in [-0.2, -0.15) is 0 Å². The van der Waals surface area contributed by atoms with E-state index >= 15 is 0 Å². The van der Waals surface area contributed by atoms with Crippen LogP contribution in [0.25, 0.3) is 5.69 Å². The van der Waals surface area contributed by atoms with Crippen molar-refractivity contribution in [1.82, 2.24) is 15.0 Å². The van der Waals surface area contributed by atoms with Gasteiger partial charge in [0.05, 0.1) is 19.4 Å². The first-order valence-electron chi connectivity index (χ1n) is 7.67. The Morgan fingerprint density at radius 1 is 1.08 bits per heavy atom. The van der Waals surface area contributed by atoms with Crippen LogP contribution in [-0.4, -0.2) is 35.1 Å². The van der Waals surface area contributed by atoms with E-state index in [4.69, 9.17) is 9.47 Å². The summed E-state index contributed by atoms with van der Waals surface area (Å²) >= 11 is 0. The fourth-order valence-corrected chi connectivity index (χ4v) is 2.39. The van der Waals surface area contributed by atoms with Gasteiger partial charge in [0.15, 0.2) is 5.69 Å². The molecule has 0 bridgehead atoms. The molecule has 3 aromatic rings.